The van der Waals surface area contributed by atoms with Gasteiger partial charge in [0.2, 0.25) is 0 Å². The van der Waals surface area contributed by atoms with Gasteiger partial charge in [-0.05, 0) is 36.1 Å². The molecule has 108 valence electrons. The lowest BCUT2D eigenvalue weighted by Gasteiger charge is -2.08. The Morgan fingerprint density at radius 1 is 1.35 bits per heavy atom. The van der Waals surface area contributed by atoms with Crippen molar-refractivity contribution in [3.8, 4) is 0 Å². The van der Waals surface area contributed by atoms with Crippen LogP contribution in [0.1, 0.15) is 41.8 Å². The molecule has 0 saturated heterocycles. The van der Waals surface area contributed by atoms with Gasteiger partial charge in [-0.15, -0.1) is 0 Å². The fourth-order valence-electron chi connectivity index (χ4n) is 2.72. The smallest absolute Gasteiger partial charge is 0.337 e. The van der Waals surface area contributed by atoms with Crippen molar-refractivity contribution in [1.29, 1.82) is 0 Å². The summed E-state index contributed by atoms with van der Waals surface area (Å²) in [6.07, 6.45) is 4.90. The van der Waals surface area contributed by atoms with Crippen LogP contribution in [-0.2, 0) is 19.4 Å². The number of nitrogens with zero attached hydrogens (tertiary/aromatic N) is 1. The molecule has 0 saturated carbocycles. The topological polar surface area (TPSA) is 68.2 Å². The average molecular weight is 274 g/mol. The molecule has 0 aliphatic heterocycles. The minimum atomic E-state index is -0.871. The Labute approximate surface area is 119 Å². The molecule has 1 heterocycles. The zero-order chi connectivity index (χ0) is 14.7. The first-order valence-corrected chi connectivity index (χ1v) is 7.20. The van der Waals surface area contributed by atoms with E-state index in [0.717, 1.165) is 35.7 Å². The van der Waals surface area contributed by atoms with Crippen LogP contribution in [0.4, 0.5) is 0 Å². The largest absolute Gasteiger partial charge is 0.478 e. The standard InChI is InChI=1S/C16H22N2O2/c1-3-5-12-10-18(7-6-17)15-13(12)8-11(4-2)9-14(15)16(19)20/h8-10H,3-7,17H2,1-2H3,(H,19,20). The maximum atomic E-state index is 11.6. The molecular formula is C16H22N2O2. The van der Waals surface area contributed by atoms with Crippen molar-refractivity contribution in [2.75, 3.05) is 6.54 Å². The predicted octanol–water partition coefficient (Wildman–Crippen LogP) is 2.81. The highest BCUT2D eigenvalue weighted by molar-refractivity contribution is 6.03. The summed E-state index contributed by atoms with van der Waals surface area (Å²) in [4.78, 5) is 11.6. The first-order chi connectivity index (χ1) is 9.62. The van der Waals surface area contributed by atoms with Crippen molar-refractivity contribution in [3.05, 3.63) is 35.0 Å². The van der Waals surface area contributed by atoms with Gasteiger partial charge in [0.05, 0.1) is 11.1 Å². The molecule has 0 bridgehead atoms. The fraction of sp³-hybridized carbons (Fsp3) is 0.438. The first-order valence-electron chi connectivity index (χ1n) is 7.20. The van der Waals surface area contributed by atoms with Crippen LogP contribution >= 0.6 is 0 Å². The summed E-state index contributed by atoms with van der Waals surface area (Å²) in [7, 11) is 0. The number of aromatic carboxylic acids is 1. The van der Waals surface area contributed by atoms with Crippen LogP contribution < -0.4 is 5.73 Å². The number of aromatic nitrogens is 1. The molecule has 0 atom stereocenters. The predicted molar refractivity (Wildman–Crippen MR) is 81.3 cm³/mol. The third-order valence-electron chi connectivity index (χ3n) is 3.64. The highest BCUT2D eigenvalue weighted by Gasteiger charge is 2.17. The van der Waals surface area contributed by atoms with Crippen LogP contribution in [0.3, 0.4) is 0 Å². The molecule has 2 aromatic rings. The molecule has 0 fully saturated rings. The number of nitrogens with two attached hydrogens (primary N) is 1. The molecule has 0 amide bonds. The van der Waals surface area contributed by atoms with Crippen LogP contribution in [0.5, 0.6) is 0 Å². The summed E-state index contributed by atoms with van der Waals surface area (Å²) in [5.41, 5.74) is 9.13. The molecule has 1 aromatic heterocycles. The molecule has 4 nitrogen and oxygen atoms in total. The first kappa shape index (κ1) is 14.6. The third-order valence-corrected chi connectivity index (χ3v) is 3.64. The molecule has 0 radical (unpaired) electrons. The van der Waals surface area contributed by atoms with E-state index in [1.54, 1.807) is 6.07 Å². The second kappa shape index (κ2) is 6.09. The molecule has 2 rings (SSSR count). The van der Waals surface area contributed by atoms with Crippen LogP contribution in [0.25, 0.3) is 10.9 Å². The van der Waals surface area contributed by atoms with Gasteiger partial charge in [0.25, 0.3) is 0 Å². The van der Waals surface area contributed by atoms with Gasteiger partial charge in [0.1, 0.15) is 0 Å². The SMILES string of the molecule is CCCc1cn(CCN)c2c(C(=O)O)cc(CC)cc12. The lowest BCUT2D eigenvalue weighted by molar-refractivity contribution is 0.0698. The van der Waals surface area contributed by atoms with E-state index in [1.807, 2.05) is 11.5 Å². The molecule has 0 unspecified atom stereocenters. The highest BCUT2D eigenvalue weighted by Crippen LogP contribution is 2.28. The van der Waals surface area contributed by atoms with Gasteiger partial charge in [-0.25, -0.2) is 4.79 Å². The number of benzene rings is 1. The Bertz CT molecular complexity index is 629. The number of aryl methyl sites for hydroxylation is 2. The van der Waals surface area contributed by atoms with Crippen molar-refractivity contribution >= 4 is 16.9 Å². The maximum absolute atomic E-state index is 11.6. The van der Waals surface area contributed by atoms with Crippen molar-refractivity contribution in [1.82, 2.24) is 4.57 Å². The van der Waals surface area contributed by atoms with Crippen molar-refractivity contribution in [3.63, 3.8) is 0 Å². The second-order valence-corrected chi connectivity index (χ2v) is 5.08. The summed E-state index contributed by atoms with van der Waals surface area (Å²) in [5, 5.41) is 10.6. The van der Waals surface area contributed by atoms with E-state index in [1.165, 1.54) is 5.56 Å². The molecule has 0 spiro atoms. The number of hydrogen-bond acceptors (Lipinski definition) is 2. The van der Waals surface area contributed by atoms with Crippen LogP contribution in [-0.4, -0.2) is 22.2 Å². The fourth-order valence-corrected chi connectivity index (χ4v) is 2.72. The van der Waals surface area contributed by atoms with Crippen molar-refractivity contribution < 1.29 is 9.90 Å². The Kier molecular flexibility index (Phi) is 4.45. The Morgan fingerprint density at radius 2 is 2.10 bits per heavy atom. The van der Waals surface area contributed by atoms with E-state index < -0.39 is 5.97 Å². The summed E-state index contributed by atoms with van der Waals surface area (Å²) >= 11 is 0. The van der Waals surface area contributed by atoms with E-state index in [4.69, 9.17) is 5.73 Å². The van der Waals surface area contributed by atoms with E-state index in [0.29, 0.717) is 18.7 Å². The van der Waals surface area contributed by atoms with Gasteiger partial charge in [-0.2, -0.15) is 0 Å². The van der Waals surface area contributed by atoms with Crippen molar-refractivity contribution in [2.24, 2.45) is 5.73 Å². The Hall–Kier alpha value is -1.81. The van der Waals surface area contributed by atoms with Gasteiger partial charge in [-0.1, -0.05) is 20.3 Å². The van der Waals surface area contributed by atoms with E-state index in [-0.39, 0.29) is 0 Å². The minimum Gasteiger partial charge on any atom is -0.478 e. The van der Waals surface area contributed by atoms with Gasteiger partial charge < -0.3 is 15.4 Å². The summed E-state index contributed by atoms with van der Waals surface area (Å²) in [5.74, 6) is -0.871. The van der Waals surface area contributed by atoms with Gasteiger partial charge in [-0.3, -0.25) is 0 Å². The van der Waals surface area contributed by atoms with E-state index >= 15 is 0 Å². The Balaban J connectivity index is 2.77. The molecule has 1 aromatic carbocycles. The number of carbonyl (C=O) groups is 1. The van der Waals surface area contributed by atoms with Crippen LogP contribution in [0.2, 0.25) is 0 Å². The zero-order valence-electron chi connectivity index (χ0n) is 12.1. The number of rotatable bonds is 6. The van der Waals surface area contributed by atoms with E-state index in [9.17, 15) is 9.90 Å². The zero-order valence-corrected chi connectivity index (χ0v) is 12.1. The van der Waals surface area contributed by atoms with Gasteiger partial charge >= 0.3 is 5.97 Å². The van der Waals surface area contributed by atoms with Gasteiger partial charge in [0, 0.05) is 24.7 Å². The number of hydrogen-bond donors (Lipinski definition) is 2. The summed E-state index contributed by atoms with van der Waals surface area (Å²) in [6.45, 7) is 5.33. The number of carboxylic acids is 1. The molecule has 0 aliphatic rings. The Morgan fingerprint density at radius 3 is 2.65 bits per heavy atom. The molecule has 3 N–H and O–H groups in total. The van der Waals surface area contributed by atoms with Crippen LogP contribution in [0, 0.1) is 0 Å². The van der Waals surface area contributed by atoms with E-state index in [2.05, 4.69) is 19.2 Å². The van der Waals surface area contributed by atoms with Crippen LogP contribution in [0.15, 0.2) is 18.3 Å². The van der Waals surface area contributed by atoms with Crippen molar-refractivity contribution in [2.45, 2.75) is 39.7 Å². The number of carboxylic acid groups (broad SMARTS) is 1. The monoisotopic (exact) mass is 274 g/mol. The second-order valence-electron chi connectivity index (χ2n) is 5.08. The average Bonchev–Trinajstić information content (AvgIpc) is 2.77. The molecule has 0 aliphatic carbocycles. The minimum absolute atomic E-state index is 0.384. The maximum Gasteiger partial charge on any atom is 0.337 e. The number of fused-ring (bicyclic) bond motifs is 1. The normalized spacial score (nSPS) is 11.2. The van der Waals surface area contributed by atoms with Gasteiger partial charge in [0.15, 0.2) is 0 Å². The molecule has 4 heteroatoms. The molecule has 20 heavy (non-hydrogen) atoms. The third kappa shape index (κ3) is 2.56. The quantitative estimate of drug-likeness (QED) is 0.851. The summed E-state index contributed by atoms with van der Waals surface area (Å²) < 4.78 is 1.99. The highest BCUT2D eigenvalue weighted by atomic mass is 16.4. The molecular weight excluding hydrogens is 252 g/mol. The lowest BCUT2D eigenvalue weighted by Crippen LogP contribution is -2.11. The summed E-state index contributed by atoms with van der Waals surface area (Å²) in [6, 6.07) is 3.91. The lowest BCUT2D eigenvalue weighted by atomic mass is 10.0.